The summed E-state index contributed by atoms with van der Waals surface area (Å²) in [6.07, 6.45) is 8.94. The van der Waals surface area contributed by atoms with Gasteiger partial charge in [-0.15, -0.1) is 0 Å². The second-order valence-corrected chi connectivity index (χ2v) is 4.01. The van der Waals surface area contributed by atoms with Crippen molar-refractivity contribution in [1.29, 1.82) is 0 Å². The van der Waals surface area contributed by atoms with Crippen molar-refractivity contribution in [2.24, 2.45) is 0 Å². The Morgan fingerprint density at radius 2 is 2.00 bits per heavy atom. The number of rotatable bonds is 2. The van der Waals surface area contributed by atoms with Crippen LogP contribution in [0.2, 0.25) is 0 Å². The molecule has 1 aliphatic carbocycles. The molecule has 0 atom stereocenters. The fourth-order valence-electron chi connectivity index (χ4n) is 1.79. The van der Waals surface area contributed by atoms with E-state index in [9.17, 15) is 0 Å². The molecule has 1 aliphatic rings. The third kappa shape index (κ3) is 1.95. The number of allylic oxidation sites excluding steroid dienone is 4. The smallest absolute Gasteiger partial charge is 0.00288 e. The van der Waals surface area contributed by atoms with E-state index in [1.165, 1.54) is 22.3 Å². The molecular formula is C14H16. The van der Waals surface area contributed by atoms with Crippen LogP contribution in [-0.4, -0.2) is 0 Å². The highest BCUT2D eigenvalue weighted by Crippen LogP contribution is 2.17. The minimum Gasteiger partial charge on any atom is -0.0805 e. The average Bonchev–Trinajstić information content (AvgIpc) is 2.64. The average molecular weight is 184 g/mol. The van der Waals surface area contributed by atoms with E-state index < -0.39 is 0 Å². The van der Waals surface area contributed by atoms with Crippen LogP contribution < -0.4 is 0 Å². The van der Waals surface area contributed by atoms with E-state index in [4.69, 9.17) is 0 Å². The zero-order valence-corrected chi connectivity index (χ0v) is 8.88. The Kier molecular flexibility index (Phi) is 2.53. The molecule has 0 heterocycles. The summed E-state index contributed by atoms with van der Waals surface area (Å²) >= 11 is 0. The first-order chi connectivity index (χ1) is 6.75. The summed E-state index contributed by atoms with van der Waals surface area (Å²) in [5, 5.41) is 0. The zero-order valence-electron chi connectivity index (χ0n) is 8.88. The van der Waals surface area contributed by atoms with Gasteiger partial charge in [0.1, 0.15) is 0 Å². The highest BCUT2D eigenvalue weighted by atomic mass is 14.1. The first-order valence-corrected chi connectivity index (χ1v) is 5.17. The summed E-state index contributed by atoms with van der Waals surface area (Å²) in [7, 11) is 0. The maximum Gasteiger partial charge on any atom is -0.00288 e. The summed E-state index contributed by atoms with van der Waals surface area (Å²) < 4.78 is 0. The minimum absolute atomic E-state index is 1.08. The van der Waals surface area contributed by atoms with Gasteiger partial charge in [-0.2, -0.15) is 0 Å². The van der Waals surface area contributed by atoms with Crippen LogP contribution in [0.15, 0.2) is 42.0 Å². The summed E-state index contributed by atoms with van der Waals surface area (Å²) in [4.78, 5) is 0. The second-order valence-electron chi connectivity index (χ2n) is 4.01. The van der Waals surface area contributed by atoms with E-state index in [2.05, 4.69) is 50.3 Å². The van der Waals surface area contributed by atoms with Crippen LogP contribution in [0, 0.1) is 13.8 Å². The normalized spacial score (nSPS) is 14.6. The van der Waals surface area contributed by atoms with Gasteiger partial charge in [0, 0.05) is 0 Å². The Morgan fingerprint density at radius 3 is 2.64 bits per heavy atom. The lowest BCUT2D eigenvalue weighted by Crippen LogP contribution is -1.89. The molecule has 0 saturated carbocycles. The highest BCUT2D eigenvalue weighted by Gasteiger charge is 2.01. The Hall–Kier alpha value is -1.30. The van der Waals surface area contributed by atoms with Gasteiger partial charge in [-0.25, -0.2) is 0 Å². The standard InChI is InChI=1S/C14H16/c1-11-7-8-14(9-12(11)2)10-13-5-3-4-6-13/h3,5-9H,4,10H2,1-2H3. The summed E-state index contributed by atoms with van der Waals surface area (Å²) in [6, 6.07) is 6.74. The molecular weight excluding hydrogens is 168 g/mol. The van der Waals surface area contributed by atoms with Crippen molar-refractivity contribution < 1.29 is 0 Å². The van der Waals surface area contributed by atoms with E-state index in [1.54, 1.807) is 0 Å². The minimum atomic E-state index is 1.08. The Labute approximate surface area is 86.0 Å². The van der Waals surface area contributed by atoms with Gasteiger partial charge in [-0.05, 0) is 49.0 Å². The van der Waals surface area contributed by atoms with Gasteiger partial charge in [-0.3, -0.25) is 0 Å². The van der Waals surface area contributed by atoms with Crippen LogP contribution in [0.1, 0.15) is 23.1 Å². The molecule has 0 nitrogen and oxygen atoms in total. The monoisotopic (exact) mass is 184 g/mol. The lowest BCUT2D eigenvalue weighted by molar-refractivity contribution is 1.17. The second kappa shape index (κ2) is 3.83. The number of aryl methyl sites for hydroxylation is 2. The SMILES string of the molecule is Cc1ccc(CC2=CCC=C2)cc1C. The lowest BCUT2D eigenvalue weighted by Gasteiger charge is -2.04. The van der Waals surface area contributed by atoms with Crippen molar-refractivity contribution in [1.82, 2.24) is 0 Å². The first kappa shape index (κ1) is 9.26. The quantitative estimate of drug-likeness (QED) is 0.657. The van der Waals surface area contributed by atoms with Gasteiger partial charge in [0.15, 0.2) is 0 Å². The van der Waals surface area contributed by atoms with Crippen LogP contribution in [-0.2, 0) is 6.42 Å². The van der Waals surface area contributed by atoms with Gasteiger partial charge in [0.25, 0.3) is 0 Å². The number of benzene rings is 1. The number of hydrogen-bond donors (Lipinski definition) is 0. The third-order valence-corrected chi connectivity index (χ3v) is 2.83. The van der Waals surface area contributed by atoms with Crippen molar-refractivity contribution in [2.45, 2.75) is 26.7 Å². The molecule has 0 saturated heterocycles. The van der Waals surface area contributed by atoms with Crippen LogP contribution in [0.4, 0.5) is 0 Å². The zero-order chi connectivity index (χ0) is 9.97. The molecule has 1 aromatic rings. The predicted octanol–water partition coefficient (Wildman–Crippen LogP) is 3.73. The largest absolute Gasteiger partial charge is 0.0805 e. The van der Waals surface area contributed by atoms with E-state index in [0.717, 1.165) is 12.8 Å². The van der Waals surface area contributed by atoms with Gasteiger partial charge in [0.05, 0.1) is 0 Å². The van der Waals surface area contributed by atoms with E-state index in [1.807, 2.05) is 0 Å². The van der Waals surface area contributed by atoms with Crippen molar-refractivity contribution in [3.05, 3.63) is 58.7 Å². The van der Waals surface area contributed by atoms with Crippen LogP contribution in [0.3, 0.4) is 0 Å². The molecule has 0 spiro atoms. The van der Waals surface area contributed by atoms with Crippen LogP contribution >= 0.6 is 0 Å². The van der Waals surface area contributed by atoms with Crippen molar-refractivity contribution in [3.8, 4) is 0 Å². The molecule has 0 unspecified atom stereocenters. The van der Waals surface area contributed by atoms with E-state index in [-0.39, 0.29) is 0 Å². The summed E-state index contributed by atoms with van der Waals surface area (Å²) in [5.74, 6) is 0. The molecule has 0 aliphatic heterocycles. The molecule has 0 fully saturated rings. The maximum absolute atomic E-state index is 2.30. The molecule has 72 valence electrons. The molecule has 1 aromatic carbocycles. The summed E-state index contributed by atoms with van der Waals surface area (Å²) in [5.41, 5.74) is 5.65. The molecule has 0 radical (unpaired) electrons. The van der Waals surface area contributed by atoms with Crippen molar-refractivity contribution in [2.75, 3.05) is 0 Å². The topological polar surface area (TPSA) is 0 Å². The van der Waals surface area contributed by atoms with E-state index in [0.29, 0.717) is 0 Å². The molecule has 0 bridgehead atoms. The lowest BCUT2D eigenvalue weighted by atomic mass is 10.0. The Balaban J connectivity index is 2.17. The molecule has 0 heteroatoms. The molecule has 0 N–H and O–H groups in total. The van der Waals surface area contributed by atoms with Gasteiger partial charge in [0.2, 0.25) is 0 Å². The fraction of sp³-hybridized carbons (Fsp3) is 0.286. The van der Waals surface area contributed by atoms with Gasteiger partial charge in [-0.1, -0.05) is 36.4 Å². The molecule has 0 aromatic heterocycles. The number of hydrogen-bond acceptors (Lipinski definition) is 0. The molecule has 2 rings (SSSR count). The predicted molar refractivity (Wildman–Crippen MR) is 61.5 cm³/mol. The van der Waals surface area contributed by atoms with Crippen molar-refractivity contribution in [3.63, 3.8) is 0 Å². The van der Waals surface area contributed by atoms with Crippen molar-refractivity contribution >= 4 is 0 Å². The summed E-state index contributed by atoms with van der Waals surface area (Å²) in [6.45, 7) is 4.34. The maximum atomic E-state index is 2.30. The van der Waals surface area contributed by atoms with E-state index >= 15 is 0 Å². The first-order valence-electron chi connectivity index (χ1n) is 5.17. The Bertz CT molecular complexity index is 394. The fourth-order valence-corrected chi connectivity index (χ4v) is 1.79. The highest BCUT2D eigenvalue weighted by molar-refractivity contribution is 5.36. The Morgan fingerprint density at radius 1 is 1.14 bits per heavy atom. The molecule has 0 amide bonds. The third-order valence-electron chi connectivity index (χ3n) is 2.83. The van der Waals surface area contributed by atoms with Gasteiger partial charge < -0.3 is 0 Å². The molecule has 14 heavy (non-hydrogen) atoms. The van der Waals surface area contributed by atoms with Gasteiger partial charge >= 0.3 is 0 Å². The van der Waals surface area contributed by atoms with Crippen LogP contribution in [0.5, 0.6) is 0 Å². The van der Waals surface area contributed by atoms with Crippen LogP contribution in [0.25, 0.3) is 0 Å².